The van der Waals surface area contributed by atoms with E-state index in [1.165, 1.54) is 11.1 Å². The summed E-state index contributed by atoms with van der Waals surface area (Å²) in [6, 6.07) is 4.06. The summed E-state index contributed by atoms with van der Waals surface area (Å²) in [4.78, 5) is 27.5. The molecule has 2 rings (SSSR count). The van der Waals surface area contributed by atoms with E-state index in [-0.39, 0.29) is 31.1 Å². The van der Waals surface area contributed by atoms with Crippen LogP contribution in [0.5, 0.6) is 0 Å². The number of rotatable bonds is 6. The topological polar surface area (TPSA) is 61.2 Å². The standard InChI is InChI=1S/C16H20N2O3/c1-4-21-16(20)6-5-13(19)9-18-10-17-14-7-11(2)12(3)8-15(14)18/h7-8,10H,4-6,9H2,1-3H3. The smallest absolute Gasteiger partial charge is 0.306 e. The van der Waals surface area contributed by atoms with Crippen molar-refractivity contribution in [1.82, 2.24) is 9.55 Å². The highest BCUT2D eigenvalue weighted by atomic mass is 16.5. The van der Waals surface area contributed by atoms with E-state index in [4.69, 9.17) is 4.74 Å². The van der Waals surface area contributed by atoms with Crippen LogP contribution in [0.25, 0.3) is 11.0 Å². The fourth-order valence-corrected chi connectivity index (χ4v) is 2.18. The summed E-state index contributed by atoms with van der Waals surface area (Å²) < 4.78 is 6.64. The van der Waals surface area contributed by atoms with Crippen LogP contribution in [0.3, 0.4) is 0 Å². The number of fused-ring (bicyclic) bond motifs is 1. The molecule has 0 atom stereocenters. The van der Waals surface area contributed by atoms with Crippen molar-refractivity contribution in [3.05, 3.63) is 29.6 Å². The van der Waals surface area contributed by atoms with Gasteiger partial charge in [0.2, 0.25) is 0 Å². The SMILES string of the molecule is CCOC(=O)CCC(=O)Cn1cnc2cc(C)c(C)cc21. The van der Waals surface area contributed by atoms with Crippen LogP contribution in [-0.4, -0.2) is 27.9 Å². The van der Waals surface area contributed by atoms with Crippen LogP contribution in [0, 0.1) is 13.8 Å². The van der Waals surface area contributed by atoms with Gasteiger partial charge in [-0.3, -0.25) is 9.59 Å². The lowest BCUT2D eigenvalue weighted by Gasteiger charge is -2.06. The van der Waals surface area contributed by atoms with Crippen molar-refractivity contribution in [3.8, 4) is 0 Å². The van der Waals surface area contributed by atoms with Gasteiger partial charge in [-0.2, -0.15) is 0 Å². The second kappa shape index (κ2) is 6.52. The summed E-state index contributed by atoms with van der Waals surface area (Å²) in [5.41, 5.74) is 4.18. The Labute approximate surface area is 123 Å². The molecule has 1 aromatic heterocycles. The number of aryl methyl sites for hydroxylation is 2. The van der Waals surface area contributed by atoms with Gasteiger partial charge in [-0.25, -0.2) is 4.98 Å². The molecule has 0 unspecified atom stereocenters. The van der Waals surface area contributed by atoms with E-state index in [1.807, 2.05) is 30.5 Å². The second-order valence-electron chi connectivity index (χ2n) is 5.14. The molecule has 0 N–H and O–H groups in total. The molecule has 0 bridgehead atoms. The second-order valence-corrected chi connectivity index (χ2v) is 5.14. The molecule has 0 amide bonds. The molecule has 0 saturated carbocycles. The Bertz CT molecular complexity index is 673. The van der Waals surface area contributed by atoms with Crippen molar-refractivity contribution < 1.29 is 14.3 Å². The average Bonchev–Trinajstić information content (AvgIpc) is 2.80. The highest BCUT2D eigenvalue weighted by Crippen LogP contribution is 2.18. The number of Topliss-reactive ketones (excluding diaryl/α,β-unsaturated/α-hetero) is 1. The zero-order valence-electron chi connectivity index (χ0n) is 12.7. The largest absolute Gasteiger partial charge is 0.466 e. The lowest BCUT2D eigenvalue weighted by atomic mass is 10.1. The van der Waals surface area contributed by atoms with E-state index in [0.29, 0.717) is 6.61 Å². The lowest BCUT2D eigenvalue weighted by Crippen LogP contribution is -2.12. The van der Waals surface area contributed by atoms with Crippen molar-refractivity contribution in [1.29, 1.82) is 0 Å². The van der Waals surface area contributed by atoms with Crippen molar-refractivity contribution in [2.45, 2.75) is 40.2 Å². The van der Waals surface area contributed by atoms with Crippen molar-refractivity contribution >= 4 is 22.8 Å². The third-order valence-electron chi connectivity index (χ3n) is 3.50. The Morgan fingerprint density at radius 3 is 2.62 bits per heavy atom. The number of aromatic nitrogens is 2. The molecular formula is C16H20N2O3. The monoisotopic (exact) mass is 288 g/mol. The van der Waals surface area contributed by atoms with E-state index < -0.39 is 0 Å². The van der Waals surface area contributed by atoms with Crippen LogP contribution in [0.1, 0.15) is 30.9 Å². The Kier molecular flexibility index (Phi) is 4.73. The van der Waals surface area contributed by atoms with Gasteiger partial charge in [-0.15, -0.1) is 0 Å². The van der Waals surface area contributed by atoms with Crippen molar-refractivity contribution in [3.63, 3.8) is 0 Å². The van der Waals surface area contributed by atoms with Crippen LogP contribution in [0.2, 0.25) is 0 Å². The minimum atomic E-state index is -0.326. The minimum absolute atomic E-state index is 0.000538. The number of imidazole rings is 1. The molecule has 0 aliphatic heterocycles. The minimum Gasteiger partial charge on any atom is -0.466 e. The van der Waals surface area contributed by atoms with Gasteiger partial charge >= 0.3 is 5.97 Å². The predicted molar refractivity (Wildman–Crippen MR) is 80.1 cm³/mol. The van der Waals surface area contributed by atoms with Crippen LogP contribution in [0.4, 0.5) is 0 Å². The quantitative estimate of drug-likeness (QED) is 0.766. The number of nitrogens with zero attached hydrogens (tertiary/aromatic N) is 2. The molecule has 2 aromatic rings. The van der Waals surface area contributed by atoms with Crippen LogP contribution in [-0.2, 0) is 20.9 Å². The number of carbonyl (C=O) groups excluding carboxylic acids is 2. The van der Waals surface area contributed by atoms with E-state index in [2.05, 4.69) is 4.98 Å². The molecule has 5 nitrogen and oxygen atoms in total. The zero-order valence-corrected chi connectivity index (χ0v) is 12.7. The number of esters is 1. The summed E-state index contributed by atoms with van der Waals surface area (Å²) >= 11 is 0. The molecule has 112 valence electrons. The molecule has 21 heavy (non-hydrogen) atoms. The highest BCUT2D eigenvalue weighted by molar-refractivity contribution is 5.85. The van der Waals surface area contributed by atoms with Crippen molar-refractivity contribution in [2.24, 2.45) is 0 Å². The molecule has 0 spiro atoms. The number of hydrogen-bond donors (Lipinski definition) is 0. The van der Waals surface area contributed by atoms with Gasteiger partial charge in [0.05, 0.1) is 36.9 Å². The Balaban J connectivity index is 2.04. The maximum Gasteiger partial charge on any atom is 0.306 e. The Morgan fingerprint density at radius 2 is 1.90 bits per heavy atom. The lowest BCUT2D eigenvalue weighted by molar-refractivity contribution is -0.144. The predicted octanol–water partition coefficient (Wildman–Crippen LogP) is 2.57. The van der Waals surface area contributed by atoms with E-state index in [9.17, 15) is 9.59 Å². The summed E-state index contributed by atoms with van der Waals surface area (Å²) in [5, 5.41) is 0. The molecule has 0 aliphatic rings. The number of ketones is 1. The fourth-order valence-electron chi connectivity index (χ4n) is 2.18. The fraction of sp³-hybridized carbons (Fsp3) is 0.438. The molecule has 0 radical (unpaired) electrons. The molecule has 0 fully saturated rings. The first-order chi connectivity index (χ1) is 10.0. The van der Waals surface area contributed by atoms with Gasteiger partial charge in [0.1, 0.15) is 0 Å². The number of hydrogen-bond acceptors (Lipinski definition) is 4. The van der Waals surface area contributed by atoms with Gasteiger partial charge in [0.15, 0.2) is 5.78 Å². The molecule has 0 saturated heterocycles. The van der Waals surface area contributed by atoms with E-state index in [0.717, 1.165) is 11.0 Å². The highest BCUT2D eigenvalue weighted by Gasteiger charge is 2.11. The third kappa shape index (κ3) is 3.68. The first-order valence-corrected chi connectivity index (χ1v) is 7.10. The number of benzene rings is 1. The number of carbonyl (C=O) groups is 2. The van der Waals surface area contributed by atoms with Crippen molar-refractivity contribution in [2.75, 3.05) is 6.61 Å². The summed E-state index contributed by atoms with van der Waals surface area (Å²) in [5.74, 6) is -0.326. The molecule has 0 aliphatic carbocycles. The third-order valence-corrected chi connectivity index (χ3v) is 3.50. The average molecular weight is 288 g/mol. The van der Waals surface area contributed by atoms with Gasteiger partial charge in [0, 0.05) is 6.42 Å². The van der Waals surface area contributed by atoms with Gasteiger partial charge in [0.25, 0.3) is 0 Å². The van der Waals surface area contributed by atoms with Crippen LogP contribution < -0.4 is 0 Å². The Hall–Kier alpha value is -2.17. The first kappa shape index (κ1) is 15.2. The first-order valence-electron chi connectivity index (χ1n) is 7.10. The molecule has 1 aromatic carbocycles. The molecule has 1 heterocycles. The summed E-state index contributed by atoms with van der Waals surface area (Å²) in [6.07, 6.45) is 2.01. The summed E-state index contributed by atoms with van der Waals surface area (Å²) in [6.45, 7) is 6.41. The van der Waals surface area contributed by atoms with E-state index in [1.54, 1.807) is 13.3 Å². The molecule has 5 heteroatoms. The van der Waals surface area contributed by atoms with Gasteiger partial charge in [-0.1, -0.05) is 0 Å². The molecular weight excluding hydrogens is 268 g/mol. The van der Waals surface area contributed by atoms with Gasteiger partial charge in [-0.05, 0) is 44.0 Å². The Morgan fingerprint density at radius 1 is 1.19 bits per heavy atom. The maximum atomic E-state index is 12.0. The van der Waals surface area contributed by atoms with Crippen LogP contribution >= 0.6 is 0 Å². The van der Waals surface area contributed by atoms with Gasteiger partial charge < -0.3 is 9.30 Å². The maximum absolute atomic E-state index is 12.0. The zero-order chi connectivity index (χ0) is 15.4. The van der Waals surface area contributed by atoms with Crippen LogP contribution in [0.15, 0.2) is 18.5 Å². The number of ether oxygens (including phenoxy) is 1. The summed E-state index contributed by atoms with van der Waals surface area (Å²) in [7, 11) is 0. The van der Waals surface area contributed by atoms with E-state index >= 15 is 0 Å². The normalized spacial score (nSPS) is 10.8.